The molecule has 106 valence electrons. The fourth-order valence-corrected chi connectivity index (χ4v) is 3.13. The number of hydrogen-bond donors (Lipinski definition) is 0. The molecule has 0 radical (unpaired) electrons. The van der Waals surface area contributed by atoms with Crippen molar-refractivity contribution in [2.75, 3.05) is 0 Å². The van der Waals surface area contributed by atoms with Crippen molar-refractivity contribution < 1.29 is 4.74 Å². The number of ether oxygens (including phenoxy) is 1. The Hall–Kier alpha value is -1.80. The molecule has 2 heteroatoms. The lowest BCUT2D eigenvalue weighted by atomic mass is 10.0. The Morgan fingerprint density at radius 1 is 0.952 bits per heavy atom. The molecular formula is C19H17BrO. The minimum Gasteiger partial charge on any atom is -0.489 e. The van der Waals surface area contributed by atoms with Gasteiger partial charge < -0.3 is 4.74 Å². The zero-order valence-corrected chi connectivity index (χ0v) is 13.6. The quantitative estimate of drug-likeness (QED) is 0.560. The summed E-state index contributed by atoms with van der Waals surface area (Å²) in [4.78, 5) is 0. The second-order valence-electron chi connectivity index (χ2n) is 5.17. The van der Waals surface area contributed by atoms with E-state index < -0.39 is 0 Å². The van der Waals surface area contributed by atoms with Gasteiger partial charge in [-0.15, -0.1) is 0 Å². The molecule has 0 bridgehead atoms. The zero-order chi connectivity index (χ0) is 14.7. The Kier molecular flexibility index (Phi) is 4.26. The van der Waals surface area contributed by atoms with Crippen molar-refractivity contribution in [1.82, 2.24) is 0 Å². The van der Waals surface area contributed by atoms with Crippen molar-refractivity contribution in [1.29, 1.82) is 0 Å². The molecule has 3 aromatic rings. The first-order chi connectivity index (χ1) is 10.3. The molecular weight excluding hydrogens is 324 g/mol. The highest BCUT2D eigenvalue weighted by Gasteiger charge is 2.07. The molecule has 0 saturated carbocycles. The van der Waals surface area contributed by atoms with Crippen molar-refractivity contribution in [3.05, 3.63) is 77.4 Å². The number of alkyl halides is 1. The number of fused-ring (bicyclic) bond motifs is 1. The molecule has 0 atom stereocenters. The number of hydrogen-bond acceptors (Lipinski definition) is 1. The molecule has 1 nitrogen and oxygen atoms in total. The van der Waals surface area contributed by atoms with Crippen molar-refractivity contribution in [2.24, 2.45) is 0 Å². The average molecular weight is 341 g/mol. The van der Waals surface area contributed by atoms with E-state index in [0.29, 0.717) is 6.61 Å². The van der Waals surface area contributed by atoms with Gasteiger partial charge in [-0.25, -0.2) is 0 Å². The summed E-state index contributed by atoms with van der Waals surface area (Å²) in [5.41, 5.74) is 3.67. The molecule has 0 saturated heterocycles. The number of aryl methyl sites for hydroxylation is 1. The minimum atomic E-state index is 0.597. The van der Waals surface area contributed by atoms with Gasteiger partial charge in [-0.3, -0.25) is 0 Å². The zero-order valence-electron chi connectivity index (χ0n) is 12.0. The monoisotopic (exact) mass is 340 g/mol. The van der Waals surface area contributed by atoms with Gasteiger partial charge in [0.15, 0.2) is 0 Å². The summed E-state index contributed by atoms with van der Waals surface area (Å²) < 4.78 is 6.05. The largest absolute Gasteiger partial charge is 0.489 e. The van der Waals surface area contributed by atoms with Crippen LogP contribution in [0.25, 0.3) is 10.8 Å². The van der Waals surface area contributed by atoms with Crippen molar-refractivity contribution in [3.63, 3.8) is 0 Å². The lowest BCUT2D eigenvalue weighted by Crippen LogP contribution is -1.98. The Morgan fingerprint density at radius 3 is 2.62 bits per heavy atom. The van der Waals surface area contributed by atoms with E-state index in [0.717, 1.165) is 11.1 Å². The lowest BCUT2D eigenvalue weighted by Gasteiger charge is -2.13. The Bertz CT molecular complexity index is 764. The van der Waals surface area contributed by atoms with Gasteiger partial charge in [-0.1, -0.05) is 76.1 Å². The van der Waals surface area contributed by atoms with E-state index in [1.807, 2.05) is 0 Å². The molecule has 0 aromatic heterocycles. The molecule has 0 fully saturated rings. The minimum absolute atomic E-state index is 0.597. The Labute approximate surface area is 133 Å². The topological polar surface area (TPSA) is 9.23 Å². The maximum absolute atomic E-state index is 6.05. The summed E-state index contributed by atoms with van der Waals surface area (Å²) in [6.07, 6.45) is 0. The van der Waals surface area contributed by atoms with Crippen LogP contribution in [0, 0.1) is 6.92 Å². The van der Waals surface area contributed by atoms with Crippen LogP contribution in [-0.2, 0) is 11.9 Å². The predicted molar refractivity (Wildman–Crippen MR) is 92.1 cm³/mol. The molecule has 3 aromatic carbocycles. The standard InChI is InChI=1S/C19H17BrO/c1-14-5-4-6-15(11-14)13-21-19-10-9-16-7-2-3-8-17(16)18(19)12-20/h2-11H,12-13H2,1H3. The van der Waals surface area contributed by atoms with Crippen LogP contribution in [-0.4, -0.2) is 0 Å². The van der Waals surface area contributed by atoms with Crippen LogP contribution >= 0.6 is 15.9 Å². The van der Waals surface area contributed by atoms with Gasteiger partial charge in [0.2, 0.25) is 0 Å². The highest BCUT2D eigenvalue weighted by atomic mass is 79.9. The summed E-state index contributed by atoms with van der Waals surface area (Å²) in [6, 6.07) is 21.0. The van der Waals surface area contributed by atoms with E-state index >= 15 is 0 Å². The van der Waals surface area contributed by atoms with Gasteiger partial charge in [0, 0.05) is 10.9 Å². The van der Waals surface area contributed by atoms with Gasteiger partial charge >= 0.3 is 0 Å². The second kappa shape index (κ2) is 6.31. The highest BCUT2D eigenvalue weighted by Crippen LogP contribution is 2.30. The average Bonchev–Trinajstić information content (AvgIpc) is 2.52. The smallest absolute Gasteiger partial charge is 0.124 e. The van der Waals surface area contributed by atoms with Crippen molar-refractivity contribution in [3.8, 4) is 5.75 Å². The molecule has 21 heavy (non-hydrogen) atoms. The van der Waals surface area contributed by atoms with Gasteiger partial charge in [0.1, 0.15) is 12.4 Å². The van der Waals surface area contributed by atoms with Crippen LogP contribution in [0.2, 0.25) is 0 Å². The Balaban J connectivity index is 1.90. The second-order valence-corrected chi connectivity index (χ2v) is 5.74. The first-order valence-electron chi connectivity index (χ1n) is 7.03. The van der Waals surface area contributed by atoms with Crippen LogP contribution in [0.1, 0.15) is 16.7 Å². The van der Waals surface area contributed by atoms with Gasteiger partial charge in [-0.2, -0.15) is 0 Å². The predicted octanol–water partition coefficient (Wildman–Crippen LogP) is 5.62. The lowest BCUT2D eigenvalue weighted by molar-refractivity contribution is 0.304. The number of benzene rings is 3. The summed E-state index contributed by atoms with van der Waals surface area (Å²) >= 11 is 3.59. The van der Waals surface area contributed by atoms with E-state index in [2.05, 4.69) is 83.5 Å². The first-order valence-corrected chi connectivity index (χ1v) is 8.15. The van der Waals surface area contributed by atoms with E-state index in [1.165, 1.54) is 27.5 Å². The molecule has 0 heterocycles. The van der Waals surface area contributed by atoms with E-state index in [4.69, 9.17) is 4.74 Å². The van der Waals surface area contributed by atoms with Crippen molar-refractivity contribution in [2.45, 2.75) is 18.9 Å². The van der Waals surface area contributed by atoms with Crippen LogP contribution < -0.4 is 4.74 Å². The highest BCUT2D eigenvalue weighted by molar-refractivity contribution is 9.08. The summed E-state index contributed by atoms with van der Waals surface area (Å²) in [5.74, 6) is 0.951. The first kappa shape index (κ1) is 14.2. The molecule has 0 unspecified atom stereocenters. The molecule has 0 amide bonds. The maximum atomic E-state index is 6.05. The van der Waals surface area contributed by atoms with Crippen LogP contribution in [0.5, 0.6) is 5.75 Å². The molecule has 0 aliphatic rings. The summed E-state index contributed by atoms with van der Waals surface area (Å²) in [5, 5.41) is 3.28. The SMILES string of the molecule is Cc1cccc(COc2ccc3ccccc3c2CBr)c1. The van der Waals surface area contributed by atoms with Gasteiger partial charge in [-0.05, 0) is 29.3 Å². The molecule has 3 rings (SSSR count). The van der Waals surface area contributed by atoms with E-state index in [9.17, 15) is 0 Å². The third-order valence-electron chi connectivity index (χ3n) is 3.61. The number of rotatable bonds is 4. The molecule has 0 aliphatic heterocycles. The Morgan fingerprint density at radius 2 is 1.81 bits per heavy atom. The molecule has 0 spiro atoms. The maximum Gasteiger partial charge on any atom is 0.124 e. The van der Waals surface area contributed by atoms with Crippen LogP contribution in [0.15, 0.2) is 60.7 Å². The molecule has 0 N–H and O–H groups in total. The fourth-order valence-electron chi connectivity index (χ4n) is 2.55. The summed E-state index contributed by atoms with van der Waals surface area (Å²) in [7, 11) is 0. The fraction of sp³-hybridized carbons (Fsp3) is 0.158. The number of halogens is 1. The normalized spacial score (nSPS) is 10.8. The van der Waals surface area contributed by atoms with Crippen LogP contribution in [0.3, 0.4) is 0 Å². The third kappa shape index (κ3) is 3.11. The van der Waals surface area contributed by atoms with E-state index in [-0.39, 0.29) is 0 Å². The van der Waals surface area contributed by atoms with Crippen LogP contribution in [0.4, 0.5) is 0 Å². The van der Waals surface area contributed by atoms with E-state index in [1.54, 1.807) is 0 Å². The molecule has 0 aliphatic carbocycles. The van der Waals surface area contributed by atoms with Gasteiger partial charge in [0.05, 0.1) is 0 Å². The summed E-state index contributed by atoms with van der Waals surface area (Å²) in [6.45, 7) is 2.70. The third-order valence-corrected chi connectivity index (χ3v) is 4.17. The van der Waals surface area contributed by atoms with Crippen molar-refractivity contribution >= 4 is 26.7 Å². The van der Waals surface area contributed by atoms with Gasteiger partial charge in [0.25, 0.3) is 0 Å².